The zero-order valence-electron chi connectivity index (χ0n) is 10.2. The minimum atomic E-state index is 0.513. The highest BCUT2D eigenvalue weighted by Crippen LogP contribution is 2.21. The van der Waals surface area contributed by atoms with E-state index in [-0.39, 0.29) is 0 Å². The molecule has 0 amide bonds. The third kappa shape index (κ3) is 5.58. The SMILES string of the molecule is C=CCCC(C)NCCc1ccc(Cl)cc1Cl. The van der Waals surface area contributed by atoms with Crippen molar-refractivity contribution in [2.45, 2.75) is 32.2 Å². The summed E-state index contributed by atoms with van der Waals surface area (Å²) in [4.78, 5) is 0. The molecule has 0 fully saturated rings. The van der Waals surface area contributed by atoms with Crippen molar-refractivity contribution in [2.24, 2.45) is 0 Å². The van der Waals surface area contributed by atoms with Crippen molar-refractivity contribution in [3.63, 3.8) is 0 Å². The molecule has 1 atom stereocenters. The lowest BCUT2D eigenvalue weighted by Gasteiger charge is -2.13. The monoisotopic (exact) mass is 271 g/mol. The fourth-order valence-corrected chi connectivity index (χ4v) is 2.15. The van der Waals surface area contributed by atoms with Crippen LogP contribution in [-0.4, -0.2) is 12.6 Å². The zero-order chi connectivity index (χ0) is 12.7. The molecule has 0 radical (unpaired) electrons. The molecule has 1 N–H and O–H groups in total. The third-order valence-electron chi connectivity index (χ3n) is 2.71. The molecule has 1 nitrogen and oxygen atoms in total. The molecule has 0 heterocycles. The standard InChI is InChI=1S/C14H19Cl2N/c1-3-4-5-11(2)17-9-8-12-6-7-13(15)10-14(12)16/h3,6-7,10-11,17H,1,4-5,8-9H2,2H3. The van der Waals surface area contributed by atoms with Crippen LogP contribution in [0.5, 0.6) is 0 Å². The van der Waals surface area contributed by atoms with E-state index in [1.165, 1.54) is 0 Å². The van der Waals surface area contributed by atoms with Crippen LogP contribution in [0.2, 0.25) is 10.0 Å². The van der Waals surface area contributed by atoms with Crippen LogP contribution in [-0.2, 0) is 6.42 Å². The molecular weight excluding hydrogens is 253 g/mol. The van der Waals surface area contributed by atoms with E-state index in [1.54, 1.807) is 6.07 Å². The minimum absolute atomic E-state index is 0.513. The van der Waals surface area contributed by atoms with Gasteiger partial charge in [-0.2, -0.15) is 0 Å². The molecule has 0 aliphatic rings. The van der Waals surface area contributed by atoms with Gasteiger partial charge in [-0.05, 0) is 50.4 Å². The Morgan fingerprint density at radius 2 is 2.18 bits per heavy atom. The fourth-order valence-electron chi connectivity index (χ4n) is 1.65. The molecule has 3 heteroatoms. The second-order valence-electron chi connectivity index (χ2n) is 4.21. The highest BCUT2D eigenvalue weighted by Gasteiger charge is 2.03. The van der Waals surface area contributed by atoms with Gasteiger partial charge in [0.2, 0.25) is 0 Å². The first-order valence-corrected chi connectivity index (χ1v) is 6.67. The van der Waals surface area contributed by atoms with E-state index >= 15 is 0 Å². The molecule has 1 unspecified atom stereocenters. The van der Waals surface area contributed by atoms with Gasteiger partial charge >= 0.3 is 0 Å². The summed E-state index contributed by atoms with van der Waals surface area (Å²) in [6.45, 7) is 6.84. The summed E-state index contributed by atoms with van der Waals surface area (Å²) in [6, 6.07) is 6.17. The molecule has 0 aliphatic carbocycles. The van der Waals surface area contributed by atoms with Crippen LogP contribution in [0.4, 0.5) is 0 Å². The van der Waals surface area contributed by atoms with Crippen molar-refractivity contribution in [1.29, 1.82) is 0 Å². The van der Waals surface area contributed by atoms with E-state index in [2.05, 4.69) is 18.8 Å². The predicted octanol–water partition coefficient (Wildman–Crippen LogP) is 4.48. The van der Waals surface area contributed by atoms with E-state index in [0.717, 1.165) is 36.4 Å². The maximum atomic E-state index is 6.10. The minimum Gasteiger partial charge on any atom is -0.314 e. The summed E-state index contributed by atoms with van der Waals surface area (Å²) in [5.41, 5.74) is 1.14. The first-order chi connectivity index (χ1) is 8.13. The van der Waals surface area contributed by atoms with Crippen molar-refractivity contribution in [1.82, 2.24) is 5.32 Å². The Kier molecular flexibility index (Phi) is 6.64. The first kappa shape index (κ1) is 14.6. The molecule has 0 aromatic heterocycles. The smallest absolute Gasteiger partial charge is 0.0453 e. The van der Waals surface area contributed by atoms with Crippen LogP contribution in [0.1, 0.15) is 25.3 Å². The Morgan fingerprint density at radius 1 is 1.41 bits per heavy atom. The van der Waals surface area contributed by atoms with E-state index in [9.17, 15) is 0 Å². The average molecular weight is 272 g/mol. The Labute approximate surface area is 114 Å². The fraction of sp³-hybridized carbons (Fsp3) is 0.429. The van der Waals surface area contributed by atoms with Crippen LogP contribution < -0.4 is 5.32 Å². The van der Waals surface area contributed by atoms with Gasteiger partial charge in [0.1, 0.15) is 0 Å². The van der Waals surface area contributed by atoms with Gasteiger partial charge < -0.3 is 5.32 Å². The number of rotatable bonds is 7. The lowest BCUT2D eigenvalue weighted by atomic mass is 10.1. The van der Waals surface area contributed by atoms with Gasteiger partial charge in [0, 0.05) is 16.1 Å². The number of allylic oxidation sites excluding steroid dienone is 1. The Morgan fingerprint density at radius 3 is 2.82 bits per heavy atom. The normalized spacial score (nSPS) is 12.4. The number of hydrogen-bond acceptors (Lipinski definition) is 1. The van der Waals surface area contributed by atoms with Gasteiger partial charge in [0.25, 0.3) is 0 Å². The Bertz CT molecular complexity index is 363. The lowest BCUT2D eigenvalue weighted by molar-refractivity contribution is 0.521. The van der Waals surface area contributed by atoms with Crippen LogP contribution in [0.25, 0.3) is 0 Å². The number of hydrogen-bond donors (Lipinski definition) is 1. The first-order valence-electron chi connectivity index (χ1n) is 5.91. The highest BCUT2D eigenvalue weighted by atomic mass is 35.5. The van der Waals surface area contributed by atoms with E-state index in [4.69, 9.17) is 23.2 Å². The molecule has 0 spiro atoms. The lowest BCUT2D eigenvalue weighted by Crippen LogP contribution is -2.27. The summed E-state index contributed by atoms with van der Waals surface area (Å²) in [5, 5.41) is 4.90. The van der Waals surface area contributed by atoms with E-state index in [1.807, 2.05) is 18.2 Å². The second kappa shape index (κ2) is 7.75. The van der Waals surface area contributed by atoms with Crippen LogP contribution in [0.3, 0.4) is 0 Å². The Balaban J connectivity index is 2.33. The summed E-state index contributed by atoms with van der Waals surface area (Å²) in [5.74, 6) is 0. The molecular formula is C14H19Cl2N. The van der Waals surface area contributed by atoms with Crippen molar-refractivity contribution < 1.29 is 0 Å². The molecule has 1 rings (SSSR count). The molecule has 17 heavy (non-hydrogen) atoms. The van der Waals surface area contributed by atoms with Gasteiger partial charge in [-0.25, -0.2) is 0 Å². The second-order valence-corrected chi connectivity index (χ2v) is 5.05. The molecule has 94 valence electrons. The summed E-state index contributed by atoms with van der Waals surface area (Å²) in [7, 11) is 0. The largest absolute Gasteiger partial charge is 0.314 e. The highest BCUT2D eigenvalue weighted by molar-refractivity contribution is 6.35. The molecule has 0 aliphatic heterocycles. The van der Waals surface area contributed by atoms with E-state index in [0.29, 0.717) is 11.1 Å². The topological polar surface area (TPSA) is 12.0 Å². The van der Waals surface area contributed by atoms with Gasteiger partial charge in [-0.1, -0.05) is 35.3 Å². The number of benzene rings is 1. The number of halogens is 2. The van der Waals surface area contributed by atoms with Gasteiger partial charge in [0.15, 0.2) is 0 Å². The summed E-state index contributed by atoms with van der Waals surface area (Å²) >= 11 is 12.0. The van der Waals surface area contributed by atoms with Crippen molar-refractivity contribution >= 4 is 23.2 Å². The molecule has 0 saturated carbocycles. The van der Waals surface area contributed by atoms with Crippen LogP contribution in [0, 0.1) is 0 Å². The molecule has 0 saturated heterocycles. The van der Waals surface area contributed by atoms with Crippen molar-refractivity contribution in [3.05, 3.63) is 46.5 Å². The van der Waals surface area contributed by atoms with Gasteiger partial charge in [-0.3, -0.25) is 0 Å². The molecule has 1 aromatic carbocycles. The van der Waals surface area contributed by atoms with Crippen LogP contribution >= 0.6 is 23.2 Å². The Hall–Kier alpha value is -0.500. The number of nitrogens with one attached hydrogen (secondary N) is 1. The van der Waals surface area contributed by atoms with Crippen molar-refractivity contribution in [3.8, 4) is 0 Å². The van der Waals surface area contributed by atoms with Crippen LogP contribution in [0.15, 0.2) is 30.9 Å². The van der Waals surface area contributed by atoms with Crippen molar-refractivity contribution in [2.75, 3.05) is 6.54 Å². The summed E-state index contributed by atoms with van der Waals surface area (Å²) < 4.78 is 0. The average Bonchev–Trinajstić information content (AvgIpc) is 2.29. The predicted molar refractivity (Wildman–Crippen MR) is 77.1 cm³/mol. The molecule has 0 bridgehead atoms. The third-order valence-corrected chi connectivity index (χ3v) is 3.29. The zero-order valence-corrected chi connectivity index (χ0v) is 11.7. The maximum Gasteiger partial charge on any atom is 0.0453 e. The van der Waals surface area contributed by atoms with E-state index < -0.39 is 0 Å². The summed E-state index contributed by atoms with van der Waals surface area (Å²) in [6.07, 6.45) is 5.05. The van der Waals surface area contributed by atoms with Gasteiger partial charge in [-0.15, -0.1) is 6.58 Å². The van der Waals surface area contributed by atoms with Gasteiger partial charge in [0.05, 0.1) is 0 Å². The quantitative estimate of drug-likeness (QED) is 0.721. The maximum absolute atomic E-state index is 6.10. The molecule has 1 aromatic rings.